The van der Waals surface area contributed by atoms with Gasteiger partial charge in [-0.3, -0.25) is 0 Å². The number of nitrogens with one attached hydrogen (secondary N) is 1. The van der Waals surface area contributed by atoms with Crippen LogP contribution in [0.1, 0.15) is 52.9 Å². The summed E-state index contributed by atoms with van der Waals surface area (Å²) in [5.41, 5.74) is 0.633. The number of hydrogen-bond donors (Lipinski definition) is 1. The van der Waals surface area contributed by atoms with E-state index in [0.717, 1.165) is 17.9 Å². The van der Waals surface area contributed by atoms with Crippen LogP contribution in [0.4, 0.5) is 0 Å². The van der Waals surface area contributed by atoms with Crippen LogP contribution in [0.2, 0.25) is 0 Å². The topological polar surface area (TPSA) is 12.0 Å². The van der Waals surface area contributed by atoms with Gasteiger partial charge < -0.3 is 5.32 Å². The average Bonchev–Trinajstić information content (AvgIpc) is 2.52. The van der Waals surface area contributed by atoms with Crippen LogP contribution in [0, 0.1) is 17.3 Å². The predicted octanol–water partition coefficient (Wildman–Crippen LogP) is 3.20. The number of hydrogen-bond acceptors (Lipinski definition) is 1. The van der Waals surface area contributed by atoms with Gasteiger partial charge in [0.25, 0.3) is 0 Å². The molecule has 1 nitrogen and oxygen atoms in total. The summed E-state index contributed by atoms with van der Waals surface area (Å²) >= 11 is 0. The molecule has 0 bridgehead atoms. The maximum Gasteiger partial charge on any atom is 0.00420 e. The Morgan fingerprint density at radius 3 is 2.21 bits per heavy atom. The highest BCUT2D eigenvalue weighted by Crippen LogP contribution is 2.42. The molecule has 0 aromatic carbocycles. The minimum atomic E-state index is 0.633. The van der Waals surface area contributed by atoms with E-state index in [1.54, 1.807) is 0 Å². The zero-order chi connectivity index (χ0) is 10.2. The lowest BCUT2D eigenvalue weighted by Crippen LogP contribution is -2.27. The van der Waals surface area contributed by atoms with E-state index >= 15 is 0 Å². The SMILES string of the molecule is CC1CC(C2CCC(C)(C)CC2)CN1. The van der Waals surface area contributed by atoms with Gasteiger partial charge in [0.15, 0.2) is 0 Å². The first-order chi connectivity index (χ1) is 6.57. The van der Waals surface area contributed by atoms with E-state index in [0.29, 0.717) is 5.41 Å². The molecule has 1 aliphatic heterocycles. The minimum absolute atomic E-state index is 0.633. The fraction of sp³-hybridized carbons (Fsp3) is 1.00. The maximum absolute atomic E-state index is 3.59. The molecule has 1 saturated heterocycles. The molecule has 82 valence electrons. The fourth-order valence-electron chi connectivity index (χ4n) is 3.23. The Hall–Kier alpha value is -0.0400. The first kappa shape index (κ1) is 10.5. The van der Waals surface area contributed by atoms with Crippen molar-refractivity contribution in [1.29, 1.82) is 0 Å². The molecule has 0 aromatic rings. The van der Waals surface area contributed by atoms with Gasteiger partial charge in [-0.25, -0.2) is 0 Å². The highest BCUT2D eigenvalue weighted by molar-refractivity contribution is 4.87. The van der Waals surface area contributed by atoms with Crippen molar-refractivity contribution in [2.75, 3.05) is 6.54 Å². The van der Waals surface area contributed by atoms with Crippen LogP contribution in [0.25, 0.3) is 0 Å². The second-order valence-corrected chi connectivity index (χ2v) is 6.31. The summed E-state index contributed by atoms with van der Waals surface area (Å²) in [6.07, 6.45) is 7.27. The van der Waals surface area contributed by atoms with E-state index in [1.807, 2.05) is 0 Å². The Morgan fingerprint density at radius 2 is 1.71 bits per heavy atom. The molecule has 1 heterocycles. The second kappa shape index (κ2) is 3.84. The van der Waals surface area contributed by atoms with Crippen LogP contribution < -0.4 is 5.32 Å². The molecule has 2 fully saturated rings. The Kier molecular flexibility index (Phi) is 2.88. The molecule has 0 spiro atoms. The van der Waals surface area contributed by atoms with Gasteiger partial charge in [0.1, 0.15) is 0 Å². The van der Waals surface area contributed by atoms with Gasteiger partial charge in [-0.1, -0.05) is 13.8 Å². The fourth-order valence-corrected chi connectivity index (χ4v) is 3.23. The molecule has 2 atom stereocenters. The van der Waals surface area contributed by atoms with E-state index in [2.05, 4.69) is 26.1 Å². The quantitative estimate of drug-likeness (QED) is 0.677. The van der Waals surface area contributed by atoms with Gasteiger partial charge in [0.2, 0.25) is 0 Å². The molecule has 0 amide bonds. The standard InChI is InChI=1S/C13H25N/c1-10-8-12(9-14-10)11-4-6-13(2,3)7-5-11/h10-12,14H,4-9H2,1-3H3. The zero-order valence-electron chi connectivity index (χ0n) is 9.97. The van der Waals surface area contributed by atoms with Crippen LogP contribution in [0.15, 0.2) is 0 Å². The van der Waals surface area contributed by atoms with E-state index in [9.17, 15) is 0 Å². The van der Waals surface area contributed by atoms with Crippen molar-refractivity contribution < 1.29 is 0 Å². The Labute approximate surface area is 88.7 Å². The van der Waals surface area contributed by atoms with Crippen LogP contribution in [-0.2, 0) is 0 Å². The van der Waals surface area contributed by atoms with Crippen LogP contribution >= 0.6 is 0 Å². The Morgan fingerprint density at radius 1 is 1.07 bits per heavy atom. The normalized spacial score (nSPS) is 38.8. The largest absolute Gasteiger partial charge is 0.314 e. The van der Waals surface area contributed by atoms with Crippen LogP contribution in [0.3, 0.4) is 0 Å². The van der Waals surface area contributed by atoms with Crippen molar-refractivity contribution in [2.24, 2.45) is 17.3 Å². The Bertz CT molecular complexity index is 187. The van der Waals surface area contributed by atoms with Gasteiger partial charge in [-0.15, -0.1) is 0 Å². The van der Waals surface area contributed by atoms with Crippen LogP contribution in [0.5, 0.6) is 0 Å². The molecule has 2 aliphatic rings. The molecule has 1 saturated carbocycles. The molecule has 0 radical (unpaired) electrons. The van der Waals surface area contributed by atoms with Gasteiger partial charge in [-0.05, 0) is 62.8 Å². The molecule has 1 aliphatic carbocycles. The molecule has 0 aromatic heterocycles. The van der Waals surface area contributed by atoms with Gasteiger partial charge >= 0.3 is 0 Å². The summed E-state index contributed by atoms with van der Waals surface area (Å²) in [4.78, 5) is 0. The van der Waals surface area contributed by atoms with E-state index in [1.165, 1.54) is 38.6 Å². The molecular weight excluding hydrogens is 170 g/mol. The summed E-state index contributed by atoms with van der Waals surface area (Å²) < 4.78 is 0. The smallest absolute Gasteiger partial charge is 0.00420 e. The van der Waals surface area contributed by atoms with Crippen molar-refractivity contribution in [1.82, 2.24) is 5.32 Å². The summed E-state index contributed by atoms with van der Waals surface area (Å²) in [6, 6.07) is 0.773. The maximum atomic E-state index is 3.59. The van der Waals surface area contributed by atoms with Crippen molar-refractivity contribution in [2.45, 2.75) is 58.9 Å². The third-order valence-electron chi connectivity index (χ3n) is 4.44. The van der Waals surface area contributed by atoms with Crippen molar-refractivity contribution in [3.05, 3.63) is 0 Å². The van der Waals surface area contributed by atoms with Crippen molar-refractivity contribution in [3.63, 3.8) is 0 Å². The number of rotatable bonds is 1. The molecule has 2 unspecified atom stereocenters. The first-order valence-corrected chi connectivity index (χ1v) is 6.30. The summed E-state index contributed by atoms with van der Waals surface area (Å²) in [7, 11) is 0. The lowest BCUT2D eigenvalue weighted by atomic mass is 9.69. The third-order valence-corrected chi connectivity index (χ3v) is 4.44. The summed E-state index contributed by atoms with van der Waals surface area (Å²) in [5, 5.41) is 3.59. The summed E-state index contributed by atoms with van der Waals surface area (Å²) in [5.74, 6) is 2.02. The molecule has 2 rings (SSSR count). The van der Waals surface area contributed by atoms with Crippen molar-refractivity contribution in [3.8, 4) is 0 Å². The van der Waals surface area contributed by atoms with E-state index < -0.39 is 0 Å². The predicted molar refractivity (Wildman–Crippen MR) is 61.3 cm³/mol. The average molecular weight is 195 g/mol. The molecule has 1 N–H and O–H groups in total. The highest BCUT2D eigenvalue weighted by atomic mass is 14.9. The van der Waals surface area contributed by atoms with Gasteiger partial charge in [0, 0.05) is 6.04 Å². The molecule has 1 heteroatoms. The lowest BCUT2D eigenvalue weighted by molar-refractivity contribution is 0.154. The van der Waals surface area contributed by atoms with Crippen LogP contribution in [-0.4, -0.2) is 12.6 Å². The molecular formula is C13H25N. The van der Waals surface area contributed by atoms with Crippen molar-refractivity contribution >= 4 is 0 Å². The zero-order valence-corrected chi connectivity index (χ0v) is 9.97. The second-order valence-electron chi connectivity index (χ2n) is 6.31. The van der Waals surface area contributed by atoms with Gasteiger partial charge in [0.05, 0.1) is 0 Å². The third kappa shape index (κ3) is 2.31. The van der Waals surface area contributed by atoms with E-state index in [4.69, 9.17) is 0 Å². The lowest BCUT2D eigenvalue weighted by Gasteiger charge is -2.36. The minimum Gasteiger partial charge on any atom is -0.314 e. The summed E-state index contributed by atoms with van der Waals surface area (Å²) in [6.45, 7) is 8.47. The molecule has 14 heavy (non-hydrogen) atoms. The highest BCUT2D eigenvalue weighted by Gasteiger charge is 2.33. The first-order valence-electron chi connectivity index (χ1n) is 6.30. The Balaban J connectivity index is 1.83. The van der Waals surface area contributed by atoms with Gasteiger partial charge in [-0.2, -0.15) is 0 Å². The van der Waals surface area contributed by atoms with E-state index in [-0.39, 0.29) is 0 Å². The monoisotopic (exact) mass is 195 g/mol.